The van der Waals surface area contributed by atoms with Crippen LogP contribution in [0.25, 0.3) is 10.9 Å². The van der Waals surface area contributed by atoms with E-state index in [9.17, 15) is 14.5 Å². The molecule has 1 N–H and O–H groups in total. The number of fused-ring (bicyclic) bond motifs is 1. The third-order valence-corrected chi connectivity index (χ3v) is 4.01. The number of hydrogen-bond donors (Lipinski definition) is 1. The smallest absolute Gasteiger partial charge is 0.281 e. The Morgan fingerprint density at radius 2 is 2.10 bits per heavy atom. The van der Waals surface area contributed by atoms with E-state index < -0.39 is 10.7 Å². The summed E-state index contributed by atoms with van der Waals surface area (Å²) in [4.78, 5) is 14.6. The molecule has 0 aliphatic carbocycles. The van der Waals surface area contributed by atoms with Gasteiger partial charge >= 0.3 is 0 Å². The molecule has 0 saturated carbocycles. The highest BCUT2D eigenvalue weighted by Crippen LogP contribution is 2.35. The van der Waals surface area contributed by atoms with Crippen molar-refractivity contribution in [2.75, 3.05) is 5.32 Å². The van der Waals surface area contributed by atoms with E-state index in [1.165, 1.54) is 6.20 Å². The standard InChI is InChI=1S/C15H18FN3O2/c1-4-15(3,5-2)18-14-11(16)9-12(19(20)21)10-7-6-8-17-13(10)14/h6-9,18H,4-5H2,1-3H3. The number of hydrogen-bond acceptors (Lipinski definition) is 4. The molecule has 0 aliphatic rings. The van der Waals surface area contributed by atoms with Crippen molar-refractivity contribution in [2.24, 2.45) is 0 Å². The predicted molar refractivity (Wildman–Crippen MR) is 81.0 cm³/mol. The number of rotatable bonds is 5. The zero-order chi connectivity index (χ0) is 15.6. The van der Waals surface area contributed by atoms with Crippen molar-refractivity contribution >= 4 is 22.3 Å². The summed E-state index contributed by atoms with van der Waals surface area (Å²) >= 11 is 0. The van der Waals surface area contributed by atoms with Gasteiger partial charge in [-0.15, -0.1) is 0 Å². The molecule has 1 heterocycles. The van der Waals surface area contributed by atoms with Crippen LogP contribution in [0.15, 0.2) is 24.4 Å². The van der Waals surface area contributed by atoms with Crippen LogP contribution < -0.4 is 5.32 Å². The molecule has 2 aromatic rings. The largest absolute Gasteiger partial charge is 0.376 e. The highest BCUT2D eigenvalue weighted by molar-refractivity contribution is 5.97. The minimum atomic E-state index is -0.652. The summed E-state index contributed by atoms with van der Waals surface area (Å²) in [5, 5.41) is 14.6. The van der Waals surface area contributed by atoms with Gasteiger partial charge in [-0.05, 0) is 31.9 Å². The maximum Gasteiger partial charge on any atom is 0.281 e. The minimum absolute atomic E-state index is 0.224. The van der Waals surface area contributed by atoms with Gasteiger partial charge in [-0.1, -0.05) is 13.8 Å². The van der Waals surface area contributed by atoms with Crippen LogP contribution in [-0.2, 0) is 0 Å². The molecule has 6 heteroatoms. The molecule has 21 heavy (non-hydrogen) atoms. The molecule has 0 amide bonds. The number of nitrogens with one attached hydrogen (secondary N) is 1. The second kappa shape index (κ2) is 5.63. The molecule has 0 radical (unpaired) electrons. The second-order valence-corrected chi connectivity index (χ2v) is 5.30. The van der Waals surface area contributed by atoms with Gasteiger partial charge in [0.25, 0.3) is 5.69 Å². The number of nitrogens with zero attached hydrogens (tertiary/aromatic N) is 2. The van der Waals surface area contributed by atoms with Gasteiger partial charge in [-0.3, -0.25) is 15.1 Å². The van der Waals surface area contributed by atoms with E-state index in [2.05, 4.69) is 10.3 Å². The maximum absolute atomic E-state index is 14.3. The number of benzene rings is 1. The summed E-state index contributed by atoms with van der Waals surface area (Å²) in [6.07, 6.45) is 3.11. The van der Waals surface area contributed by atoms with Gasteiger partial charge in [-0.2, -0.15) is 0 Å². The molecule has 1 aromatic carbocycles. The quantitative estimate of drug-likeness (QED) is 0.659. The highest BCUT2D eigenvalue weighted by atomic mass is 19.1. The van der Waals surface area contributed by atoms with Crippen molar-refractivity contribution in [2.45, 2.75) is 39.2 Å². The lowest BCUT2D eigenvalue weighted by Crippen LogP contribution is -2.33. The Balaban J connectivity index is 2.68. The summed E-state index contributed by atoms with van der Waals surface area (Å²) in [5.74, 6) is -0.652. The molecule has 0 aliphatic heterocycles. The molecule has 0 saturated heterocycles. The van der Waals surface area contributed by atoms with Crippen molar-refractivity contribution in [3.8, 4) is 0 Å². The summed E-state index contributed by atoms with van der Waals surface area (Å²) in [6.45, 7) is 6.01. The zero-order valence-electron chi connectivity index (χ0n) is 12.3. The third kappa shape index (κ3) is 2.79. The fourth-order valence-corrected chi connectivity index (χ4v) is 2.19. The van der Waals surface area contributed by atoms with Crippen LogP contribution in [0.5, 0.6) is 0 Å². The first kappa shape index (κ1) is 15.2. The van der Waals surface area contributed by atoms with E-state index in [0.717, 1.165) is 18.9 Å². The van der Waals surface area contributed by atoms with Gasteiger partial charge in [0, 0.05) is 11.7 Å². The fraction of sp³-hybridized carbons (Fsp3) is 0.400. The first-order valence-corrected chi connectivity index (χ1v) is 6.91. The molecule has 0 spiro atoms. The van der Waals surface area contributed by atoms with Crippen LogP contribution in [0, 0.1) is 15.9 Å². The Morgan fingerprint density at radius 1 is 1.43 bits per heavy atom. The van der Waals surface area contributed by atoms with E-state index >= 15 is 0 Å². The highest BCUT2D eigenvalue weighted by Gasteiger charge is 2.25. The van der Waals surface area contributed by atoms with Crippen LogP contribution in [0.3, 0.4) is 0 Å². The summed E-state index contributed by atoms with van der Waals surface area (Å²) in [5.41, 5.74) is -0.0444. The second-order valence-electron chi connectivity index (χ2n) is 5.30. The first-order chi connectivity index (χ1) is 9.91. The zero-order valence-corrected chi connectivity index (χ0v) is 12.3. The van der Waals surface area contributed by atoms with Crippen molar-refractivity contribution in [3.63, 3.8) is 0 Å². The SMILES string of the molecule is CCC(C)(CC)Nc1c(F)cc([N+](=O)[O-])c2cccnc12. The molecular formula is C15H18FN3O2. The molecular weight excluding hydrogens is 273 g/mol. The van der Waals surface area contributed by atoms with E-state index in [0.29, 0.717) is 5.39 Å². The van der Waals surface area contributed by atoms with Gasteiger partial charge in [0.2, 0.25) is 0 Å². The molecule has 0 bridgehead atoms. The molecule has 5 nitrogen and oxygen atoms in total. The monoisotopic (exact) mass is 291 g/mol. The summed E-state index contributed by atoms with van der Waals surface area (Å²) in [7, 11) is 0. The number of nitro benzene ring substituents is 1. The topological polar surface area (TPSA) is 68.1 Å². The molecule has 1 aromatic heterocycles. The third-order valence-electron chi connectivity index (χ3n) is 4.01. The average molecular weight is 291 g/mol. The van der Waals surface area contributed by atoms with E-state index in [1.807, 2.05) is 20.8 Å². The Morgan fingerprint density at radius 3 is 2.67 bits per heavy atom. The fourth-order valence-electron chi connectivity index (χ4n) is 2.19. The maximum atomic E-state index is 14.3. The van der Waals surface area contributed by atoms with Crippen molar-refractivity contribution in [1.82, 2.24) is 4.98 Å². The molecule has 0 atom stereocenters. The van der Waals surface area contributed by atoms with Gasteiger partial charge in [0.15, 0.2) is 5.82 Å². The summed E-state index contributed by atoms with van der Waals surface area (Å²) in [6, 6.07) is 4.15. The first-order valence-electron chi connectivity index (χ1n) is 6.91. The van der Waals surface area contributed by atoms with Crippen molar-refractivity contribution in [1.29, 1.82) is 0 Å². The van der Waals surface area contributed by atoms with E-state index in [4.69, 9.17) is 0 Å². The number of aromatic nitrogens is 1. The van der Waals surface area contributed by atoms with Crippen LogP contribution >= 0.6 is 0 Å². The Bertz CT molecular complexity index is 684. The van der Waals surface area contributed by atoms with Gasteiger partial charge in [0.05, 0.1) is 22.1 Å². The van der Waals surface area contributed by atoms with Gasteiger partial charge in [-0.25, -0.2) is 4.39 Å². The van der Waals surface area contributed by atoms with Gasteiger partial charge in [0.1, 0.15) is 5.52 Å². The molecule has 0 unspecified atom stereocenters. The normalized spacial score (nSPS) is 11.6. The predicted octanol–water partition coefficient (Wildman–Crippen LogP) is 4.27. The molecule has 112 valence electrons. The number of non-ortho nitro benzene ring substituents is 1. The number of pyridine rings is 1. The van der Waals surface area contributed by atoms with Crippen molar-refractivity contribution < 1.29 is 9.31 Å². The Labute approximate surface area is 122 Å². The van der Waals surface area contributed by atoms with Crippen LogP contribution in [-0.4, -0.2) is 15.4 Å². The summed E-state index contributed by atoms with van der Waals surface area (Å²) < 4.78 is 14.3. The van der Waals surface area contributed by atoms with Crippen molar-refractivity contribution in [3.05, 3.63) is 40.3 Å². The number of halogens is 1. The molecule has 0 fully saturated rings. The average Bonchev–Trinajstić information content (AvgIpc) is 2.49. The van der Waals surface area contributed by atoms with Crippen LogP contribution in [0.4, 0.5) is 15.8 Å². The minimum Gasteiger partial charge on any atom is -0.376 e. The lowest BCUT2D eigenvalue weighted by molar-refractivity contribution is -0.383. The van der Waals surface area contributed by atoms with Crippen LogP contribution in [0.2, 0.25) is 0 Å². The Kier molecular flexibility index (Phi) is 4.06. The van der Waals surface area contributed by atoms with Crippen LogP contribution in [0.1, 0.15) is 33.6 Å². The van der Waals surface area contributed by atoms with E-state index in [1.54, 1.807) is 12.1 Å². The Hall–Kier alpha value is -2.24. The van der Waals surface area contributed by atoms with E-state index in [-0.39, 0.29) is 22.4 Å². The lowest BCUT2D eigenvalue weighted by Gasteiger charge is -2.30. The lowest BCUT2D eigenvalue weighted by atomic mass is 9.94. The number of anilines is 1. The molecule has 2 rings (SSSR count). The van der Waals surface area contributed by atoms with Gasteiger partial charge < -0.3 is 5.32 Å². The number of nitro groups is 1.